The van der Waals surface area contributed by atoms with Gasteiger partial charge >= 0.3 is 5.97 Å². The van der Waals surface area contributed by atoms with Crippen molar-refractivity contribution >= 4 is 11.9 Å². The van der Waals surface area contributed by atoms with E-state index in [0.29, 0.717) is 13.2 Å². The van der Waals surface area contributed by atoms with Crippen LogP contribution in [0.3, 0.4) is 0 Å². The predicted molar refractivity (Wildman–Crippen MR) is 77.6 cm³/mol. The van der Waals surface area contributed by atoms with E-state index in [2.05, 4.69) is 20.8 Å². The molecule has 0 bridgehead atoms. The minimum atomic E-state index is -0.999. The number of hydrogen-bond donors (Lipinski definition) is 2. The topological polar surface area (TPSA) is 92.9 Å². The molecule has 4 unspecified atom stereocenters. The Morgan fingerprint density at radius 2 is 2.00 bits per heavy atom. The molecule has 6 nitrogen and oxygen atoms in total. The number of hydrogen-bond acceptors (Lipinski definition) is 4. The van der Waals surface area contributed by atoms with E-state index in [9.17, 15) is 14.7 Å². The van der Waals surface area contributed by atoms with E-state index >= 15 is 0 Å². The largest absolute Gasteiger partial charge is 0.480 e. The summed E-state index contributed by atoms with van der Waals surface area (Å²) in [6.45, 7) is 7.03. The summed E-state index contributed by atoms with van der Waals surface area (Å²) in [6, 6.07) is -0.767. The maximum absolute atomic E-state index is 12.9. The highest BCUT2D eigenvalue weighted by molar-refractivity contribution is 5.86. The smallest absolute Gasteiger partial charge is 0.328 e. The van der Waals surface area contributed by atoms with Gasteiger partial charge in [-0.1, -0.05) is 20.8 Å². The second-order valence-electron chi connectivity index (χ2n) is 6.86. The van der Waals surface area contributed by atoms with Crippen LogP contribution in [-0.4, -0.2) is 53.7 Å². The van der Waals surface area contributed by atoms with Gasteiger partial charge in [0.05, 0.1) is 13.2 Å². The van der Waals surface area contributed by atoms with Crippen LogP contribution in [0.5, 0.6) is 0 Å². The third-order valence-electron chi connectivity index (χ3n) is 5.50. The normalized spacial score (nSPS) is 36.3. The molecule has 0 aromatic carbocycles. The number of carbonyl (C=O) groups excluding carboxylic acids is 1. The SMILES string of the molecule is CC1C(N)CCC(C(=O)N2CCOCC2C(=O)O)C1(C)C. The van der Waals surface area contributed by atoms with Gasteiger partial charge < -0.3 is 20.5 Å². The van der Waals surface area contributed by atoms with Gasteiger partial charge in [0, 0.05) is 18.5 Å². The first kappa shape index (κ1) is 16.2. The Morgan fingerprint density at radius 3 is 2.62 bits per heavy atom. The molecule has 0 aromatic heterocycles. The van der Waals surface area contributed by atoms with Crippen molar-refractivity contribution in [1.29, 1.82) is 0 Å². The van der Waals surface area contributed by atoms with Gasteiger partial charge in [-0.2, -0.15) is 0 Å². The molecular weight excluding hydrogens is 272 g/mol. The van der Waals surface area contributed by atoms with E-state index in [1.165, 1.54) is 4.90 Å². The fraction of sp³-hybridized carbons (Fsp3) is 0.867. The number of nitrogens with zero attached hydrogens (tertiary/aromatic N) is 1. The molecule has 1 amide bonds. The molecule has 120 valence electrons. The number of carboxylic acids is 1. The molecule has 1 saturated carbocycles. The average molecular weight is 298 g/mol. The van der Waals surface area contributed by atoms with Gasteiger partial charge in [0.1, 0.15) is 0 Å². The lowest BCUT2D eigenvalue weighted by Gasteiger charge is -2.48. The Labute approximate surface area is 125 Å². The zero-order valence-electron chi connectivity index (χ0n) is 13.0. The first-order chi connectivity index (χ1) is 9.76. The van der Waals surface area contributed by atoms with Crippen molar-refractivity contribution in [2.75, 3.05) is 19.8 Å². The Morgan fingerprint density at radius 1 is 1.33 bits per heavy atom. The van der Waals surface area contributed by atoms with Crippen molar-refractivity contribution in [3.8, 4) is 0 Å². The Balaban J connectivity index is 2.20. The predicted octanol–water partition coefficient (Wildman–Crippen LogP) is 0.698. The summed E-state index contributed by atoms with van der Waals surface area (Å²) < 4.78 is 5.21. The minimum absolute atomic E-state index is 0.0607. The second kappa shape index (κ2) is 5.93. The van der Waals surface area contributed by atoms with Crippen LogP contribution >= 0.6 is 0 Å². The van der Waals surface area contributed by atoms with Crippen LogP contribution in [0.1, 0.15) is 33.6 Å². The molecule has 1 heterocycles. The van der Waals surface area contributed by atoms with Crippen molar-refractivity contribution in [3.05, 3.63) is 0 Å². The third-order valence-corrected chi connectivity index (χ3v) is 5.50. The highest BCUT2D eigenvalue weighted by Crippen LogP contribution is 2.45. The van der Waals surface area contributed by atoms with Gasteiger partial charge in [-0.25, -0.2) is 4.79 Å². The van der Waals surface area contributed by atoms with Crippen molar-refractivity contribution in [2.24, 2.45) is 23.0 Å². The van der Waals surface area contributed by atoms with Crippen LogP contribution in [0, 0.1) is 17.3 Å². The number of ether oxygens (including phenoxy) is 1. The maximum Gasteiger partial charge on any atom is 0.328 e. The summed E-state index contributed by atoms with van der Waals surface area (Å²) in [5.41, 5.74) is 5.91. The molecule has 0 spiro atoms. The van der Waals surface area contributed by atoms with E-state index in [1.54, 1.807) is 0 Å². The van der Waals surface area contributed by atoms with Crippen LogP contribution in [0.4, 0.5) is 0 Å². The Kier molecular flexibility index (Phi) is 4.58. The summed E-state index contributed by atoms with van der Waals surface area (Å²) in [4.78, 5) is 25.7. The zero-order valence-corrected chi connectivity index (χ0v) is 13.0. The van der Waals surface area contributed by atoms with Crippen molar-refractivity contribution in [2.45, 2.75) is 45.7 Å². The molecular formula is C15H26N2O4. The highest BCUT2D eigenvalue weighted by atomic mass is 16.5. The lowest BCUT2D eigenvalue weighted by molar-refractivity contribution is -0.164. The Bertz CT molecular complexity index is 424. The van der Waals surface area contributed by atoms with E-state index in [-0.39, 0.29) is 35.8 Å². The summed E-state index contributed by atoms with van der Waals surface area (Å²) in [5.74, 6) is -1.01. The van der Waals surface area contributed by atoms with Crippen molar-refractivity contribution in [3.63, 3.8) is 0 Å². The molecule has 2 aliphatic rings. The first-order valence-electron chi connectivity index (χ1n) is 7.63. The number of morpholine rings is 1. The number of carbonyl (C=O) groups is 2. The highest BCUT2D eigenvalue weighted by Gasteiger charge is 2.48. The number of carboxylic acid groups (broad SMARTS) is 1. The van der Waals surface area contributed by atoms with Crippen molar-refractivity contribution < 1.29 is 19.4 Å². The quantitative estimate of drug-likeness (QED) is 0.782. The average Bonchev–Trinajstić information content (AvgIpc) is 2.44. The van der Waals surface area contributed by atoms with Gasteiger partial charge in [-0.05, 0) is 24.2 Å². The molecule has 0 radical (unpaired) electrons. The molecule has 6 heteroatoms. The first-order valence-corrected chi connectivity index (χ1v) is 7.63. The second-order valence-corrected chi connectivity index (χ2v) is 6.86. The number of amides is 1. The van der Waals surface area contributed by atoms with Gasteiger partial charge in [0.15, 0.2) is 6.04 Å². The molecule has 2 fully saturated rings. The van der Waals surface area contributed by atoms with Crippen LogP contribution in [0.2, 0.25) is 0 Å². The van der Waals surface area contributed by atoms with E-state index < -0.39 is 12.0 Å². The fourth-order valence-electron chi connectivity index (χ4n) is 3.56. The van der Waals surface area contributed by atoms with Crippen LogP contribution in [-0.2, 0) is 14.3 Å². The molecule has 0 aromatic rings. The molecule has 4 atom stereocenters. The van der Waals surface area contributed by atoms with Gasteiger partial charge in [-0.3, -0.25) is 4.79 Å². The molecule has 3 N–H and O–H groups in total. The number of rotatable bonds is 2. The lowest BCUT2D eigenvalue weighted by Crippen LogP contribution is -2.58. The fourth-order valence-corrected chi connectivity index (χ4v) is 3.56. The lowest BCUT2D eigenvalue weighted by atomic mass is 9.60. The molecule has 1 aliphatic carbocycles. The minimum Gasteiger partial charge on any atom is -0.480 e. The molecule has 1 aliphatic heterocycles. The van der Waals surface area contributed by atoms with E-state index in [1.807, 2.05) is 0 Å². The van der Waals surface area contributed by atoms with E-state index in [4.69, 9.17) is 10.5 Å². The number of aliphatic carboxylic acids is 1. The number of nitrogens with two attached hydrogens (primary N) is 1. The van der Waals surface area contributed by atoms with Gasteiger partial charge in [0.2, 0.25) is 5.91 Å². The summed E-state index contributed by atoms with van der Waals surface area (Å²) in [7, 11) is 0. The standard InChI is InChI=1S/C15H26N2O4/c1-9-11(16)5-4-10(15(9,2)3)13(18)17-6-7-21-8-12(17)14(19)20/h9-12H,4-8,16H2,1-3H3,(H,19,20). The molecule has 2 rings (SSSR count). The summed E-state index contributed by atoms with van der Waals surface area (Å²) in [5, 5.41) is 9.29. The molecule has 21 heavy (non-hydrogen) atoms. The third kappa shape index (κ3) is 2.92. The van der Waals surface area contributed by atoms with Crippen LogP contribution < -0.4 is 5.73 Å². The Hall–Kier alpha value is -1.14. The monoisotopic (exact) mass is 298 g/mol. The van der Waals surface area contributed by atoms with Crippen LogP contribution in [0.25, 0.3) is 0 Å². The van der Waals surface area contributed by atoms with Gasteiger partial charge in [0.25, 0.3) is 0 Å². The van der Waals surface area contributed by atoms with Crippen LogP contribution in [0.15, 0.2) is 0 Å². The van der Waals surface area contributed by atoms with Gasteiger partial charge in [-0.15, -0.1) is 0 Å². The summed E-state index contributed by atoms with van der Waals surface area (Å²) in [6.07, 6.45) is 1.53. The molecule has 1 saturated heterocycles. The van der Waals surface area contributed by atoms with E-state index in [0.717, 1.165) is 12.8 Å². The zero-order chi connectivity index (χ0) is 15.8. The summed E-state index contributed by atoms with van der Waals surface area (Å²) >= 11 is 0. The van der Waals surface area contributed by atoms with Crippen molar-refractivity contribution in [1.82, 2.24) is 4.90 Å². The maximum atomic E-state index is 12.9.